The number of likely N-dealkylation sites (tertiary alicyclic amines) is 1. The molecule has 1 atom stereocenters. The highest BCUT2D eigenvalue weighted by Gasteiger charge is 2.32. The van der Waals surface area contributed by atoms with Crippen LogP contribution in [-0.4, -0.2) is 35.5 Å². The number of rotatable bonds is 2. The Morgan fingerprint density at radius 2 is 2.00 bits per heavy atom. The highest BCUT2D eigenvalue weighted by atomic mass is 16.6. The molecule has 24 heavy (non-hydrogen) atoms. The molecule has 0 aliphatic carbocycles. The molecule has 5 nitrogen and oxygen atoms in total. The van der Waals surface area contributed by atoms with E-state index in [1.807, 2.05) is 42.2 Å². The predicted octanol–water partition coefficient (Wildman–Crippen LogP) is 3.14. The normalized spacial score (nSPS) is 19.4. The van der Waals surface area contributed by atoms with E-state index >= 15 is 0 Å². The molecule has 1 aromatic carbocycles. The lowest BCUT2D eigenvalue weighted by atomic mass is 10.0. The van der Waals surface area contributed by atoms with E-state index in [0.29, 0.717) is 18.9 Å². The van der Waals surface area contributed by atoms with E-state index in [-0.39, 0.29) is 11.9 Å². The topological polar surface area (TPSA) is 51.7 Å². The van der Waals surface area contributed by atoms with Crippen LogP contribution in [0.1, 0.15) is 40.6 Å². The summed E-state index contributed by atoms with van der Waals surface area (Å²) in [5.41, 5.74) is 2.47. The van der Waals surface area contributed by atoms with Crippen molar-refractivity contribution in [1.29, 1.82) is 0 Å². The first-order valence-corrected chi connectivity index (χ1v) is 8.36. The SMILES string of the molecule is Cc1cccc(C(=O)N2CCC[C@@H]2c2ccc3c(c2)OCCO3)n1. The van der Waals surface area contributed by atoms with Crippen molar-refractivity contribution in [3.63, 3.8) is 0 Å². The van der Waals surface area contributed by atoms with Crippen LogP contribution in [0.25, 0.3) is 0 Å². The maximum absolute atomic E-state index is 12.9. The van der Waals surface area contributed by atoms with E-state index in [9.17, 15) is 4.79 Å². The van der Waals surface area contributed by atoms with Crippen molar-refractivity contribution in [3.8, 4) is 11.5 Å². The van der Waals surface area contributed by atoms with Crippen molar-refractivity contribution in [2.45, 2.75) is 25.8 Å². The molecule has 1 fully saturated rings. The van der Waals surface area contributed by atoms with Crippen LogP contribution in [0.4, 0.5) is 0 Å². The Balaban J connectivity index is 1.62. The summed E-state index contributed by atoms with van der Waals surface area (Å²) in [6, 6.07) is 11.6. The summed E-state index contributed by atoms with van der Waals surface area (Å²) in [7, 11) is 0. The summed E-state index contributed by atoms with van der Waals surface area (Å²) < 4.78 is 11.3. The van der Waals surface area contributed by atoms with Crippen molar-refractivity contribution in [2.24, 2.45) is 0 Å². The fraction of sp³-hybridized carbons (Fsp3) is 0.368. The van der Waals surface area contributed by atoms with Crippen LogP contribution in [0.5, 0.6) is 11.5 Å². The van der Waals surface area contributed by atoms with Gasteiger partial charge in [-0.1, -0.05) is 12.1 Å². The summed E-state index contributed by atoms with van der Waals surface area (Å²) in [5.74, 6) is 1.55. The third-order valence-electron chi connectivity index (χ3n) is 4.57. The summed E-state index contributed by atoms with van der Waals surface area (Å²) in [5, 5.41) is 0. The first-order valence-electron chi connectivity index (χ1n) is 8.36. The number of carbonyl (C=O) groups excluding carboxylic acids is 1. The summed E-state index contributed by atoms with van der Waals surface area (Å²) in [6.45, 7) is 3.81. The quantitative estimate of drug-likeness (QED) is 0.851. The minimum atomic E-state index is -0.00362. The molecule has 0 bridgehead atoms. The van der Waals surface area contributed by atoms with Crippen LogP contribution in [-0.2, 0) is 0 Å². The van der Waals surface area contributed by atoms with Gasteiger partial charge >= 0.3 is 0 Å². The maximum Gasteiger partial charge on any atom is 0.272 e. The monoisotopic (exact) mass is 324 g/mol. The first kappa shape index (κ1) is 15.0. The number of aryl methyl sites for hydroxylation is 1. The fourth-order valence-electron chi connectivity index (χ4n) is 3.43. The molecule has 1 saturated heterocycles. The highest BCUT2D eigenvalue weighted by Crippen LogP contribution is 2.38. The number of nitrogens with zero attached hydrogens (tertiary/aromatic N) is 2. The lowest BCUT2D eigenvalue weighted by Gasteiger charge is -2.26. The Morgan fingerprint density at radius 1 is 1.17 bits per heavy atom. The number of hydrogen-bond acceptors (Lipinski definition) is 4. The number of ether oxygens (including phenoxy) is 2. The molecule has 0 radical (unpaired) electrons. The Morgan fingerprint density at radius 3 is 2.83 bits per heavy atom. The van der Waals surface area contributed by atoms with Gasteiger partial charge in [-0.05, 0) is 49.6 Å². The molecule has 124 valence electrons. The molecule has 0 spiro atoms. The van der Waals surface area contributed by atoms with Crippen molar-refractivity contribution in [1.82, 2.24) is 9.88 Å². The number of hydrogen-bond donors (Lipinski definition) is 0. The van der Waals surface area contributed by atoms with Crippen LogP contribution in [0.15, 0.2) is 36.4 Å². The summed E-state index contributed by atoms with van der Waals surface area (Å²) >= 11 is 0. The molecule has 1 aromatic heterocycles. The van der Waals surface area contributed by atoms with Gasteiger partial charge in [0.25, 0.3) is 5.91 Å². The largest absolute Gasteiger partial charge is 0.486 e. The first-order chi connectivity index (χ1) is 11.7. The second-order valence-electron chi connectivity index (χ2n) is 6.22. The van der Waals surface area contributed by atoms with Gasteiger partial charge in [-0.2, -0.15) is 0 Å². The van der Waals surface area contributed by atoms with Gasteiger partial charge < -0.3 is 14.4 Å². The number of fused-ring (bicyclic) bond motifs is 1. The molecule has 2 aromatic rings. The van der Waals surface area contributed by atoms with Gasteiger partial charge in [-0.15, -0.1) is 0 Å². The van der Waals surface area contributed by atoms with Crippen LogP contribution in [0.3, 0.4) is 0 Å². The van der Waals surface area contributed by atoms with E-state index in [1.165, 1.54) is 0 Å². The molecule has 2 aliphatic rings. The number of benzene rings is 1. The van der Waals surface area contributed by atoms with E-state index in [2.05, 4.69) is 4.98 Å². The standard InChI is InChI=1S/C19H20N2O3/c1-13-4-2-5-15(20-13)19(22)21-9-3-6-16(21)14-7-8-17-18(12-14)24-11-10-23-17/h2,4-5,7-8,12,16H,3,6,9-11H2,1H3/t16-/m1/s1. The van der Waals surface area contributed by atoms with E-state index < -0.39 is 0 Å². The zero-order chi connectivity index (χ0) is 16.5. The Kier molecular flexibility index (Phi) is 3.84. The fourth-order valence-corrected chi connectivity index (χ4v) is 3.43. The van der Waals surface area contributed by atoms with Gasteiger partial charge in [0.2, 0.25) is 0 Å². The van der Waals surface area contributed by atoms with Crippen LogP contribution in [0.2, 0.25) is 0 Å². The van der Waals surface area contributed by atoms with E-state index in [0.717, 1.165) is 42.1 Å². The molecule has 3 heterocycles. The molecule has 5 heteroatoms. The molecule has 0 unspecified atom stereocenters. The molecule has 1 amide bonds. The van der Waals surface area contributed by atoms with Gasteiger partial charge in [0.15, 0.2) is 11.5 Å². The number of carbonyl (C=O) groups is 1. The van der Waals surface area contributed by atoms with Gasteiger partial charge in [0, 0.05) is 12.2 Å². The minimum Gasteiger partial charge on any atom is -0.486 e. The molecule has 0 N–H and O–H groups in total. The summed E-state index contributed by atoms with van der Waals surface area (Å²) in [4.78, 5) is 19.2. The van der Waals surface area contributed by atoms with Crippen molar-refractivity contribution in [2.75, 3.05) is 19.8 Å². The van der Waals surface area contributed by atoms with Crippen LogP contribution in [0, 0.1) is 6.92 Å². The maximum atomic E-state index is 12.9. The Labute approximate surface area is 141 Å². The smallest absolute Gasteiger partial charge is 0.272 e. The lowest BCUT2D eigenvalue weighted by molar-refractivity contribution is 0.0729. The third-order valence-corrected chi connectivity index (χ3v) is 4.57. The minimum absolute atomic E-state index is 0.00362. The third kappa shape index (κ3) is 2.70. The zero-order valence-electron chi connectivity index (χ0n) is 13.7. The highest BCUT2D eigenvalue weighted by molar-refractivity contribution is 5.92. The van der Waals surface area contributed by atoms with Crippen molar-refractivity contribution in [3.05, 3.63) is 53.3 Å². The average Bonchev–Trinajstić information content (AvgIpc) is 3.10. The molecule has 4 rings (SSSR count). The Hall–Kier alpha value is -2.56. The second-order valence-corrected chi connectivity index (χ2v) is 6.22. The molecular weight excluding hydrogens is 304 g/mol. The van der Waals surface area contributed by atoms with E-state index in [4.69, 9.17) is 9.47 Å². The number of amides is 1. The number of aromatic nitrogens is 1. The van der Waals surface area contributed by atoms with Crippen molar-refractivity contribution >= 4 is 5.91 Å². The van der Waals surface area contributed by atoms with Gasteiger partial charge in [0.1, 0.15) is 18.9 Å². The summed E-state index contributed by atoms with van der Waals surface area (Å²) in [6.07, 6.45) is 1.95. The second kappa shape index (κ2) is 6.15. The molecular formula is C19H20N2O3. The zero-order valence-corrected chi connectivity index (χ0v) is 13.7. The van der Waals surface area contributed by atoms with E-state index in [1.54, 1.807) is 6.07 Å². The van der Waals surface area contributed by atoms with Crippen LogP contribution < -0.4 is 9.47 Å². The molecule has 2 aliphatic heterocycles. The lowest BCUT2D eigenvalue weighted by Crippen LogP contribution is -2.31. The average molecular weight is 324 g/mol. The number of pyridine rings is 1. The Bertz CT molecular complexity index is 775. The van der Waals surface area contributed by atoms with Crippen LogP contribution >= 0.6 is 0 Å². The van der Waals surface area contributed by atoms with Crippen molar-refractivity contribution < 1.29 is 14.3 Å². The van der Waals surface area contributed by atoms with Gasteiger partial charge in [-0.3, -0.25) is 4.79 Å². The predicted molar refractivity (Wildman–Crippen MR) is 89.4 cm³/mol. The molecule has 0 saturated carbocycles. The van der Waals surface area contributed by atoms with Gasteiger partial charge in [-0.25, -0.2) is 4.98 Å². The van der Waals surface area contributed by atoms with Gasteiger partial charge in [0.05, 0.1) is 6.04 Å².